The van der Waals surface area contributed by atoms with Crippen molar-refractivity contribution in [2.45, 2.75) is 39.3 Å². The average molecular weight is 374 g/mol. The van der Waals surface area contributed by atoms with Crippen LogP contribution in [0.4, 0.5) is 10.5 Å². The quantitative estimate of drug-likeness (QED) is 0.870. The summed E-state index contributed by atoms with van der Waals surface area (Å²) < 4.78 is 11.2. The average Bonchev–Trinajstić information content (AvgIpc) is 2.36. The third-order valence-electron chi connectivity index (χ3n) is 2.74. The van der Waals surface area contributed by atoms with E-state index < -0.39 is 23.7 Å². The molecule has 0 saturated heterocycles. The molecule has 0 fully saturated rings. The Bertz CT molecular complexity index is 568. The number of carboxylic acids is 1. The number of rotatable bonds is 4. The van der Waals surface area contributed by atoms with Crippen LogP contribution < -0.4 is 9.64 Å². The van der Waals surface area contributed by atoms with Gasteiger partial charge in [0, 0.05) is 4.47 Å². The highest BCUT2D eigenvalue weighted by atomic mass is 79.9. The molecule has 1 aromatic rings. The summed E-state index contributed by atoms with van der Waals surface area (Å²) in [6.07, 6.45) is -0.751. The van der Waals surface area contributed by atoms with Crippen molar-refractivity contribution in [2.24, 2.45) is 0 Å². The van der Waals surface area contributed by atoms with E-state index >= 15 is 0 Å². The number of ether oxygens (including phenoxy) is 2. The molecule has 1 rings (SSSR count). The van der Waals surface area contributed by atoms with Crippen molar-refractivity contribution in [1.82, 2.24) is 0 Å². The molecule has 0 radical (unpaired) electrons. The second-order valence-electron chi connectivity index (χ2n) is 5.68. The molecule has 0 saturated carbocycles. The lowest BCUT2D eigenvalue weighted by atomic mass is 10.2. The summed E-state index contributed by atoms with van der Waals surface area (Å²) in [7, 11) is 1.45. The summed E-state index contributed by atoms with van der Waals surface area (Å²) in [5.74, 6) is -0.768. The van der Waals surface area contributed by atoms with Crippen molar-refractivity contribution >= 4 is 33.7 Å². The molecule has 0 unspecified atom stereocenters. The van der Waals surface area contributed by atoms with Gasteiger partial charge >= 0.3 is 12.1 Å². The number of nitrogens with zero attached hydrogens (tertiary/aromatic N) is 1. The van der Waals surface area contributed by atoms with Crippen LogP contribution in [0.5, 0.6) is 5.75 Å². The van der Waals surface area contributed by atoms with Gasteiger partial charge in [-0.3, -0.25) is 4.90 Å². The number of methoxy groups -OCH3 is 1. The van der Waals surface area contributed by atoms with E-state index in [9.17, 15) is 14.7 Å². The Morgan fingerprint density at radius 2 is 1.91 bits per heavy atom. The van der Waals surface area contributed by atoms with E-state index in [-0.39, 0.29) is 0 Å². The lowest BCUT2D eigenvalue weighted by molar-refractivity contribution is -0.138. The molecule has 0 spiro atoms. The maximum absolute atomic E-state index is 12.5. The number of benzene rings is 1. The maximum Gasteiger partial charge on any atom is 0.415 e. The van der Waals surface area contributed by atoms with Gasteiger partial charge in [-0.1, -0.05) is 15.9 Å². The van der Waals surface area contributed by atoms with Gasteiger partial charge in [0.25, 0.3) is 0 Å². The number of anilines is 1. The number of hydrogen-bond acceptors (Lipinski definition) is 4. The molecule has 122 valence electrons. The van der Waals surface area contributed by atoms with E-state index in [1.54, 1.807) is 39.0 Å². The third kappa shape index (κ3) is 4.62. The molecule has 6 nitrogen and oxygen atoms in total. The zero-order chi connectivity index (χ0) is 17.1. The highest BCUT2D eigenvalue weighted by Crippen LogP contribution is 2.33. The van der Waals surface area contributed by atoms with Gasteiger partial charge in [-0.15, -0.1) is 0 Å². The van der Waals surface area contributed by atoms with Crippen LogP contribution in [-0.4, -0.2) is 35.9 Å². The summed E-state index contributed by atoms with van der Waals surface area (Å²) in [5, 5.41) is 9.29. The molecule has 0 aliphatic carbocycles. The second-order valence-corrected chi connectivity index (χ2v) is 6.60. The Hall–Kier alpha value is -1.76. The zero-order valence-electron chi connectivity index (χ0n) is 13.2. The molecule has 1 aromatic carbocycles. The van der Waals surface area contributed by atoms with Crippen molar-refractivity contribution in [2.75, 3.05) is 12.0 Å². The SMILES string of the molecule is COc1ccc(Br)cc1N(C(=O)OC(C)(C)C)[C@@H](C)C(=O)O. The van der Waals surface area contributed by atoms with E-state index in [0.717, 1.165) is 4.90 Å². The fraction of sp³-hybridized carbons (Fsp3) is 0.467. The van der Waals surface area contributed by atoms with Gasteiger partial charge in [0.15, 0.2) is 0 Å². The second kappa shape index (κ2) is 7.00. The van der Waals surface area contributed by atoms with E-state index in [0.29, 0.717) is 15.9 Å². The summed E-state index contributed by atoms with van der Waals surface area (Å²) in [4.78, 5) is 24.9. The number of carbonyl (C=O) groups excluding carboxylic acids is 1. The van der Waals surface area contributed by atoms with Crippen molar-refractivity contribution in [3.05, 3.63) is 22.7 Å². The predicted molar refractivity (Wildman–Crippen MR) is 86.5 cm³/mol. The van der Waals surface area contributed by atoms with Crippen LogP contribution >= 0.6 is 15.9 Å². The largest absolute Gasteiger partial charge is 0.495 e. The number of amides is 1. The van der Waals surface area contributed by atoms with Gasteiger partial charge in [0.05, 0.1) is 12.8 Å². The third-order valence-corrected chi connectivity index (χ3v) is 3.23. The van der Waals surface area contributed by atoms with E-state index in [4.69, 9.17) is 9.47 Å². The molecular weight excluding hydrogens is 354 g/mol. The lowest BCUT2D eigenvalue weighted by Crippen LogP contribution is -2.46. The molecule has 0 bridgehead atoms. The molecule has 7 heteroatoms. The first-order valence-electron chi connectivity index (χ1n) is 6.65. The van der Waals surface area contributed by atoms with Crippen LogP contribution in [-0.2, 0) is 9.53 Å². The first kappa shape index (κ1) is 18.3. The van der Waals surface area contributed by atoms with Crippen molar-refractivity contribution in [3.8, 4) is 5.75 Å². The smallest absolute Gasteiger partial charge is 0.415 e. The number of aliphatic carboxylic acids is 1. The van der Waals surface area contributed by atoms with Crippen LogP contribution in [0.3, 0.4) is 0 Å². The minimum absolute atomic E-state index is 0.320. The maximum atomic E-state index is 12.5. The Kier molecular flexibility index (Phi) is 5.82. The Morgan fingerprint density at radius 3 is 2.36 bits per heavy atom. The minimum Gasteiger partial charge on any atom is -0.495 e. The molecule has 1 amide bonds. The predicted octanol–water partition coefficient (Wildman–Crippen LogP) is 3.67. The topological polar surface area (TPSA) is 76.1 Å². The summed E-state index contributed by atoms with van der Waals surface area (Å²) in [6.45, 7) is 6.55. The van der Waals surface area contributed by atoms with Crippen LogP contribution in [0.15, 0.2) is 22.7 Å². The van der Waals surface area contributed by atoms with Crippen molar-refractivity contribution in [3.63, 3.8) is 0 Å². The summed E-state index contributed by atoms with van der Waals surface area (Å²) >= 11 is 3.31. The van der Waals surface area contributed by atoms with Crippen LogP contribution in [0.2, 0.25) is 0 Å². The van der Waals surface area contributed by atoms with Gasteiger partial charge in [-0.25, -0.2) is 9.59 Å². The summed E-state index contributed by atoms with van der Waals surface area (Å²) in [5.41, 5.74) is -0.423. The van der Waals surface area contributed by atoms with Gasteiger partial charge in [-0.05, 0) is 45.9 Å². The van der Waals surface area contributed by atoms with Gasteiger partial charge in [0.1, 0.15) is 17.4 Å². The molecule has 0 heterocycles. The highest BCUT2D eigenvalue weighted by Gasteiger charge is 2.33. The Balaban J connectivity index is 3.35. The van der Waals surface area contributed by atoms with Crippen molar-refractivity contribution in [1.29, 1.82) is 0 Å². The van der Waals surface area contributed by atoms with E-state index in [1.807, 2.05) is 0 Å². The van der Waals surface area contributed by atoms with Gasteiger partial charge in [0.2, 0.25) is 0 Å². The number of carbonyl (C=O) groups is 2. The first-order valence-corrected chi connectivity index (χ1v) is 7.44. The molecule has 0 aromatic heterocycles. The fourth-order valence-electron chi connectivity index (χ4n) is 1.74. The molecule has 1 N–H and O–H groups in total. The zero-order valence-corrected chi connectivity index (χ0v) is 14.8. The highest BCUT2D eigenvalue weighted by molar-refractivity contribution is 9.10. The normalized spacial score (nSPS) is 12.5. The Labute approximate surface area is 138 Å². The standard InChI is InChI=1S/C15H20BrNO5/c1-9(13(18)19)17(14(20)22-15(2,3)4)11-8-10(16)6-7-12(11)21-5/h6-9H,1-5H3,(H,18,19)/t9-/m0/s1. The van der Waals surface area contributed by atoms with Crippen molar-refractivity contribution < 1.29 is 24.2 Å². The molecule has 0 aliphatic rings. The van der Waals surface area contributed by atoms with Crippen LogP contribution in [0.25, 0.3) is 0 Å². The first-order chi connectivity index (χ1) is 10.1. The fourth-order valence-corrected chi connectivity index (χ4v) is 2.09. The monoisotopic (exact) mass is 373 g/mol. The number of halogens is 1. The summed E-state index contributed by atoms with van der Waals surface area (Å²) in [6, 6.07) is 3.88. The lowest BCUT2D eigenvalue weighted by Gasteiger charge is -2.30. The Morgan fingerprint density at radius 1 is 1.32 bits per heavy atom. The minimum atomic E-state index is -1.15. The van der Waals surface area contributed by atoms with Crippen LogP contribution in [0, 0.1) is 0 Å². The van der Waals surface area contributed by atoms with E-state index in [1.165, 1.54) is 14.0 Å². The number of hydrogen-bond donors (Lipinski definition) is 1. The number of carboxylic acid groups (broad SMARTS) is 1. The van der Waals surface area contributed by atoms with Crippen LogP contribution in [0.1, 0.15) is 27.7 Å². The molecule has 0 aliphatic heterocycles. The van der Waals surface area contributed by atoms with Gasteiger partial charge in [-0.2, -0.15) is 0 Å². The van der Waals surface area contributed by atoms with E-state index in [2.05, 4.69) is 15.9 Å². The molecular formula is C15H20BrNO5. The molecule has 22 heavy (non-hydrogen) atoms. The van der Waals surface area contributed by atoms with Gasteiger partial charge < -0.3 is 14.6 Å². The molecule has 1 atom stereocenters.